The second-order valence-electron chi connectivity index (χ2n) is 7.61. The van der Waals surface area contributed by atoms with E-state index in [2.05, 4.69) is 20.5 Å². The summed E-state index contributed by atoms with van der Waals surface area (Å²) in [6.07, 6.45) is 1.70. The van der Waals surface area contributed by atoms with Crippen LogP contribution >= 0.6 is 0 Å². The molecule has 5 aromatic rings. The number of oxazole rings is 1. The fourth-order valence-electron chi connectivity index (χ4n) is 3.46. The minimum Gasteiger partial charge on any atom is -0.438 e. The molecule has 0 aliphatic heterocycles. The predicted molar refractivity (Wildman–Crippen MR) is 124 cm³/mol. The third-order valence-corrected chi connectivity index (χ3v) is 5.36. The van der Waals surface area contributed by atoms with Crippen LogP contribution in [0.5, 0.6) is 11.6 Å². The second kappa shape index (κ2) is 8.66. The van der Waals surface area contributed by atoms with Gasteiger partial charge in [0.1, 0.15) is 18.6 Å². The highest BCUT2D eigenvalue weighted by Crippen LogP contribution is 2.22. The number of nitrogens with one attached hydrogen (secondary N) is 1. The fourth-order valence-corrected chi connectivity index (χ4v) is 3.46. The molecule has 0 saturated heterocycles. The van der Waals surface area contributed by atoms with E-state index in [0.717, 1.165) is 11.4 Å². The standard InChI is InChI=1S/C24H20N6O4/c1-15-16(2)30(14-25-15)21-11-12-23(28-27-21)33-18-9-7-17(8-10-18)26-22(31)13-29-19-5-3-4-6-20(19)34-24(29)32/h3-12,14H,13H2,1-2H3,(H,26,31). The highest BCUT2D eigenvalue weighted by molar-refractivity contribution is 5.91. The van der Waals surface area contributed by atoms with Crippen molar-refractivity contribution in [3.8, 4) is 17.4 Å². The van der Waals surface area contributed by atoms with Crippen molar-refractivity contribution >= 4 is 22.7 Å². The summed E-state index contributed by atoms with van der Waals surface area (Å²) in [7, 11) is 0. The first-order chi connectivity index (χ1) is 16.5. The molecule has 0 atom stereocenters. The topological polar surface area (TPSA) is 117 Å². The molecule has 10 heteroatoms. The Labute approximate surface area is 193 Å². The van der Waals surface area contributed by atoms with Gasteiger partial charge in [-0.2, -0.15) is 0 Å². The first kappa shape index (κ1) is 21.1. The summed E-state index contributed by atoms with van der Waals surface area (Å²) in [5.74, 6) is 0.584. The molecule has 0 aliphatic rings. The maximum Gasteiger partial charge on any atom is 0.420 e. The Morgan fingerprint density at radius 2 is 1.82 bits per heavy atom. The Hall–Kier alpha value is -4.73. The number of para-hydroxylation sites is 2. The SMILES string of the molecule is Cc1ncn(-c2ccc(Oc3ccc(NC(=O)Cn4c(=O)oc5ccccc54)cc3)nn2)c1C. The molecular weight excluding hydrogens is 436 g/mol. The molecule has 1 amide bonds. The van der Waals surface area contributed by atoms with Crippen LogP contribution in [0.15, 0.2) is 76.2 Å². The van der Waals surface area contributed by atoms with Gasteiger partial charge in [0, 0.05) is 17.4 Å². The number of ether oxygens (including phenoxy) is 1. The van der Waals surface area contributed by atoms with Gasteiger partial charge in [-0.15, -0.1) is 10.2 Å². The maximum absolute atomic E-state index is 12.5. The van der Waals surface area contributed by atoms with Crippen LogP contribution in [-0.2, 0) is 11.3 Å². The summed E-state index contributed by atoms with van der Waals surface area (Å²) in [5.41, 5.74) is 3.49. The molecule has 34 heavy (non-hydrogen) atoms. The maximum atomic E-state index is 12.5. The summed E-state index contributed by atoms with van der Waals surface area (Å²) in [5, 5.41) is 11.1. The van der Waals surface area contributed by atoms with Crippen LogP contribution in [0.1, 0.15) is 11.4 Å². The van der Waals surface area contributed by atoms with Crippen molar-refractivity contribution in [1.29, 1.82) is 0 Å². The van der Waals surface area contributed by atoms with Crippen LogP contribution in [0.2, 0.25) is 0 Å². The molecule has 0 bridgehead atoms. The van der Waals surface area contributed by atoms with Crippen molar-refractivity contribution in [2.75, 3.05) is 5.32 Å². The number of aryl methyl sites for hydroxylation is 1. The fraction of sp³-hybridized carbons (Fsp3) is 0.125. The van der Waals surface area contributed by atoms with E-state index in [0.29, 0.717) is 34.2 Å². The first-order valence-electron chi connectivity index (χ1n) is 10.5. The quantitative estimate of drug-likeness (QED) is 0.415. The minimum atomic E-state index is -0.578. The van der Waals surface area contributed by atoms with Gasteiger partial charge in [-0.05, 0) is 56.3 Å². The van der Waals surface area contributed by atoms with E-state index in [-0.39, 0.29) is 12.5 Å². The average molecular weight is 456 g/mol. The molecular formula is C24H20N6O4. The van der Waals surface area contributed by atoms with E-state index in [1.165, 1.54) is 4.57 Å². The van der Waals surface area contributed by atoms with Crippen LogP contribution < -0.4 is 15.8 Å². The van der Waals surface area contributed by atoms with Crippen molar-refractivity contribution in [3.05, 3.63) is 88.9 Å². The number of nitrogens with zero attached hydrogens (tertiary/aromatic N) is 5. The van der Waals surface area contributed by atoms with Crippen LogP contribution in [0.3, 0.4) is 0 Å². The van der Waals surface area contributed by atoms with Gasteiger partial charge in [0.05, 0.1) is 11.2 Å². The summed E-state index contributed by atoms with van der Waals surface area (Å²) >= 11 is 0. The number of carbonyl (C=O) groups is 1. The lowest BCUT2D eigenvalue weighted by Crippen LogP contribution is -2.24. The Balaban J connectivity index is 1.22. The Morgan fingerprint density at radius 1 is 1.03 bits per heavy atom. The Bertz CT molecular complexity index is 1530. The molecule has 0 aliphatic carbocycles. The van der Waals surface area contributed by atoms with Crippen LogP contribution in [0, 0.1) is 13.8 Å². The van der Waals surface area contributed by atoms with E-state index in [1.54, 1.807) is 67.0 Å². The number of amides is 1. The van der Waals surface area contributed by atoms with Gasteiger partial charge in [-0.3, -0.25) is 13.9 Å². The van der Waals surface area contributed by atoms with Crippen molar-refractivity contribution < 1.29 is 13.9 Å². The van der Waals surface area contributed by atoms with Crippen LogP contribution in [0.25, 0.3) is 16.9 Å². The molecule has 0 saturated carbocycles. The lowest BCUT2D eigenvalue weighted by atomic mass is 10.3. The number of fused-ring (bicyclic) bond motifs is 1. The van der Waals surface area contributed by atoms with E-state index in [1.807, 2.05) is 18.4 Å². The van der Waals surface area contributed by atoms with Crippen molar-refractivity contribution in [2.24, 2.45) is 0 Å². The molecule has 0 radical (unpaired) electrons. The zero-order valence-electron chi connectivity index (χ0n) is 18.4. The van der Waals surface area contributed by atoms with E-state index in [9.17, 15) is 9.59 Å². The van der Waals surface area contributed by atoms with Gasteiger partial charge < -0.3 is 14.5 Å². The zero-order valence-corrected chi connectivity index (χ0v) is 18.4. The third kappa shape index (κ3) is 4.16. The van der Waals surface area contributed by atoms with Crippen LogP contribution in [-0.4, -0.2) is 30.2 Å². The van der Waals surface area contributed by atoms with Crippen molar-refractivity contribution in [2.45, 2.75) is 20.4 Å². The van der Waals surface area contributed by atoms with Gasteiger partial charge in [0.2, 0.25) is 11.8 Å². The van der Waals surface area contributed by atoms with Gasteiger partial charge in [0.15, 0.2) is 11.4 Å². The molecule has 0 unspecified atom stereocenters. The number of imidazole rings is 1. The number of rotatable bonds is 6. The highest BCUT2D eigenvalue weighted by atomic mass is 16.5. The van der Waals surface area contributed by atoms with Gasteiger partial charge in [0.25, 0.3) is 0 Å². The molecule has 170 valence electrons. The molecule has 10 nitrogen and oxygen atoms in total. The highest BCUT2D eigenvalue weighted by Gasteiger charge is 2.13. The number of anilines is 1. The van der Waals surface area contributed by atoms with E-state index < -0.39 is 5.76 Å². The van der Waals surface area contributed by atoms with E-state index >= 15 is 0 Å². The summed E-state index contributed by atoms with van der Waals surface area (Å²) in [6.45, 7) is 3.73. The molecule has 3 heterocycles. The number of hydrogen-bond acceptors (Lipinski definition) is 7. The molecule has 3 aromatic heterocycles. The monoisotopic (exact) mass is 456 g/mol. The van der Waals surface area contributed by atoms with Gasteiger partial charge in [-0.25, -0.2) is 9.78 Å². The normalized spacial score (nSPS) is 11.0. The van der Waals surface area contributed by atoms with E-state index in [4.69, 9.17) is 9.15 Å². The van der Waals surface area contributed by atoms with Gasteiger partial charge >= 0.3 is 5.76 Å². The number of hydrogen-bond donors (Lipinski definition) is 1. The third-order valence-electron chi connectivity index (χ3n) is 5.36. The molecule has 2 aromatic carbocycles. The van der Waals surface area contributed by atoms with Crippen LogP contribution in [0.4, 0.5) is 5.69 Å². The van der Waals surface area contributed by atoms with Gasteiger partial charge in [-0.1, -0.05) is 12.1 Å². The second-order valence-corrected chi connectivity index (χ2v) is 7.61. The largest absolute Gasteiger partial charge is 0.438 e. The first-order valence-corrected chi connectivity index (χ1v) is 10.5. The molecule has 5 rings (SSSR count). The Kier molecular flexibility index (Phi) is 5.38. The number of aromatic nitrogens is 5. The smallest absolute Gasteiger partial charge is 0.420 e. The average Bonchev–Trinajstić information content (AvgIpc) is 3.34. The Morgan fingerprint density at radius 3 is 2.53 bits per heavy atom. The summed E-state index contributed by atoms with van der Waals surface area (Å²) < 4.78 is 14.0. The molecule has 1 N–H and O–H groups in total. The number of benzene rings is 2. The summed E-state index contributed by atoms with van der Waals surface area (Å²) in [4.78, 5) is 28.8. The molecule has 0 fully saturated rings. The number of carbonyl (C=O) groups excluding carboxylic acids is 1. The van der Waals surface area contributed by atoms with Crippen molar-refractivity contribution in [1.82, 2.24) is 24.3 Å². The lowest BCUT2D eigenvalue weighted by molar-refractivity contribution is -0.116. The minimum absolute atomic E-state index is 0.161. The predicted octanol–water partition coefficient (Wildman–Crippen LogP) is 3.62. The molecule has 0 spiro atoms. The zero-order chi connectivity index (χ0) is 23.7. The summed E-state index contributed by atoms with van der Waals surface area (Å²) in [6, 6.07) is 17.3. The van der Waals surface area contributed by atoms with Crippen molar-refractivity contribution in [3.63, 3.8) is 0 Å². The lowest BCUT2D eigenvalue weighted by Gasteiger charge is -2.08.